The highest BCUT2D eigenvalue weighted by Gasteiger charge is 2.41. The van der Waals surface area contributed by atoms with Crippen molar-refractivity contribution in [3.05, 3.63) is 35.5 Å². The van der Waals surface area contributed by atoms with Gasteiger partial charge in [0.05, 0.1) is 22.2 Å². The highest BCUT2D eigenvalue weighted by Crippen LogP contribution is 2.38. The van der Waals surface area contributed by atoms with Crippen molar-refractivity contribution in [3.63, 3.8) is 0 Å². The zero-order valence-corrected chi connectivity index (χ0v) is 12.6. The number of aromatic nitrogens is 1. The first-order chi connectivity index (χ1) is 10.4. The Morgan fingerprint density at radius 3 is 2.91 bits per heavy atom. The Bertz CT molecular complexity index is 809. The minimum atomic E-state index is -0.789. The predicted octanol–water partition coefficient (Wildman–Crippen LogP) is 2.72. The van der Waals surface area contributed by atoms with Gasteiger partial charge in [0, 0.05) is 24.7 Å². The zero-order valence-electron chi connectivity index (χ0n) is 12.6. The third-order valence-electron chi connectivity index (χ3n) is 4.42. The van der Waals surface area contributed by atoms with Gasteiger partial charge in [0.1, 0.15) is 6.07 Å². The number of hydrogen-bond donors (Lipinski definition) is 1. The van der Waals surface area contributed by atoms with Gasteiger partial charge in [-0.25, -0.2) is 0 Å². The average Bonchev–Trinajstić information content (AvgIpc) is 2.89. The number of hydrogen-bond acceptors (Lipinski definition) is 4. The fourth-order valence-corrected chi connectivity index (χ4v) is 3.04. The summed E-state index contributed by atoms with van der Waals surface area (Å²) in [4.78, 5) is 17.8. The molecule has 5 nitrogen and oxygen atoms in total. The Labute approximate surface area is 128 Å². The molecular formula is C17H17N3O2. The van der Waals surface area contributed by atoms with E-state index in [1.807, 2.05) is 30.0 Å². The summed E-state index contributed by atoms with van der Waals surface area (Å²) in [6, 6.07) is 8.11. The van der Waals surface area contributed by atoms with Crippen LogP contribution in [0.1, 0.15) is 24.5 Å². The van der Waals surface area contributed by atoms with Gasteiger partial charge in [0.2, 0.25) is 0 Å². The van der Waals surface area contributed by atoms with Crippen molar-refractivity contribution < 1.29 is 9.90 Å². The molecule has 2 aromatic rings. The first-order valence-electron chi connectivity index (χ1n) is 7.22. The number of fused-ring (bicyclic) bond motifs is 1. The van der Waals surface area contributed by atoms with Gasteiger partial charge in [0.15, 0.2) is 0 Å². The van der Waals surface area contributed by atoms with Gasteiger partial charge >= 0.3 is 5.97 Å². The first-order valence-corrected chi connectivity index (χ1v) is 7.22. The van der Waals surface area contributed by atoms with E-state index in [1.165, 1.54) is 0 Å². The van der Waals surface area contributed by atoms with Crippen molar-refractivity contribution in [2.45, 2.75) is 20.3 Å². The molecule has 1 saturated heterocycles. The number of carboxylic acid groups (broad SMARTS) is 1. The van der Waals surface area contributed by atoms with Crippen molar-refractivity contribution in [2.24, 2.45) is 5.41 Å². The van der Waals surface area contributed by atoms with E-state index in [0.29, 0.717) is 25.1 Å². The highest BCUT2D eigenvalue weighted by molar-refractivity contribution is 5.95. The molecule has 1 aliphatic rings. The molecule has 0 saturated carbocycles. The van der Waals surface area contributed by atoms with Crippen LogP contribution in [-0.2, 0) is 4.79 Å². The Balaban J connectivity index is 2.16. The summed E-state index contributed by atoms with van der Waals surface area (Å²) in [6.45, 7) is 4.79. The molecule has 0 amide bonds. The maximum atomic E-state index is 11.5. The van der Waals surface area contributed by atoms with Crippen molar-refractivity contribution >= 4 is 22.6 Å². The molecule has 1 fully saturated rings. The van der Waals surface area contributed by atoms with Crippen LogP contribution in [0.25, 0.3) is 10.9 Å². The van der Waals surface area contributed by atoms with E-state index >= 15 is 0 Å². The molecule has 1 atom stereocenters. The van der Waals surface area contributed by atoms with Crippen LogP contribution in [0.2, 0.25) is 0 Å². The minimum absolute atomic E-state index is 0.407. The van der Waals surface area contributed by atoms with Gasteiger partial charge in [-0.1, -0.05) is 11.6 Å². The number of anilines is 1. The predicted molar refractivity (Wildman–Crippen MR) is 83.8 cm³/mol. The molecule has 2 heterocycles. The van der Waals surface area contributed by atoms with E-state index in [1.54, 1.807) is 13.1 Å². The van der Waals surface area contributed by atoms with Crippen molar-refractivity contribution in [1.82, 2.24) is 4.98 Å². The Kier molecular flexibility index (Phi) is 3.25. The van der Waals surface area contributed by atoms with Crippen LogP contribution in [0, 0.1) is 23.7 Å². The van der Waals surface area contributed by atoms with E-state index in [4.69, 9.17) is 0 Å². The Hall–Kier alpha value is -2.61. The van der Waals surface area contributed by atoms with Gasteiger partial charge in [-0.15, -0.1) is 0 Å². The van der Waals surface area contributed by atoms with Crippen LogP contribution >= 0.6 is 0 Å². The van der Waals surface area contributed by atoms with E-state index in [-0.39, 0.29) is 0 Å². The second kappa shape index (κ2) is 4.99. The molecule has 1 unspecified atom stereocenters. The fourth-order valence-electron chi connectivity index (χ4n) is 3.04. The number of nitrogens with zero attached hydrogens (tertiary/aromatic N) is 3. The number of rotatable bonds is 2. The number of benzene rings is 1. The Morgan fingerprint density at radius 2 is 2.27 bits per heavy atom. The molecule has 1 aromatic heterocycles. The molecule has 112 valence electrons. The third-order valence-corrected chi connectivity index (χ3v) is 4.42. The van der Waals surface area contributed by atoms with Gasteiger partial charge in [-0.2, -0.15) is 5.26 Å². The second-order valence-corrected chi connectivity index (χ2v) is 6.19. The number of carboxylic acids is 1. The molecule has 1 aromatic carbocycles. The van der Waals surface area contributed by atoms with Crippen LogP contribution in [0.15, 0.2) is 24.4 Å². The quantitative estimate of drug-likeness (QED) is 0.921. The summed E-state index contributed by atoms with van der Waals surface area (Å²) in [6.07, 6.45) is 2.15. The van der Waals surface area contributed by atoms with Gasteiger partial charge in [-0.05, 0) is 32.4 Å². The van der Waals surface area contributed by atoms with Crippen LogP contribution in [0.5, 0.6) is 0 Å². The largest absolute Gasteiger partial charge is 0.481 e. The van der Waals surface area contributed by atoms with Crippen molar-refractivity contribution in [2.75, 3.05) is 18.0 Å². The number of aliphatic carboxylic acids is 1. The molecule has 5 heteroatoms. The lowest BCUT2D eigenvalue weighted by Crippen LogP contribution is -2.32. The monoisotopic (exact) mass is 295 g/mol. The molecule has 1 N–H and O–H groups in total. The average molecular weight is 295 g/mol. The summed E-state index contributed by atoms with van der Waals surface area (Å²) in [5.41, 5.74) is 2.44. The fraction of sp³-hybridized carbons (Fsp3) is 0.353. The number of aryl methyl sites for hydroxylation is 1. The molecule has 1 aliphatic heterocycles. The summed E-state index contributed by atoms with van der Waals surface area (Å²) in [7, 11) is 0. The van der Waals surface area contributed by atoms with Crippen LogP contribution in [0.4, 0.5) is 5.69 Å². The van der Waals surface area contributed by atoms with E-state index in [0.717, 1.165) is 22.2 Å². The molecule has 0 aliphatic carbocycles. The van der Waals surface area contributed by atoms with Crippen molar-refractivity contribution in [1.29, 1.82) is 5.26 Å². The highest BCUT2D eigenvalue weighted by atomic mass is 16.4. The summed E-state index contributed by atoms with van der Waals surface area (Å²) in [5, 5.41) is 19.7. The summed E-state index contributed by atoms with van der Waals surface area (Å²) >= 11 is 0. The van der Waals surface area contributed by atoms with Crippen LogP contribution < -0.4 is 4.90 Å². The van der Waals surface area contributed by atoms with E-state index in [9.17, 15) is 15.2 Å². The van der Waals surface area contributed by atoms with Crippen LogP contribution in [0.3, 0.4) is 0 Å². The lowest BCUT2D eigenvalue weighted by Gasteiger charge is -2.24. The van der Waals surface area contributed by atoms with Crippen LogP contribution in [-0.4, -0.2) is 29.1 Å². The SMILES string of the molecule is Cc1ccc2ncc(C#N)c(N3CCC(C)(C(=O)O)C3)c2c1. The lowest BCUT2D eigenvalue weighted by molar-refractivity contribution is -0.146. The Morgan fingerprint density at radius 1 is 1.50 bits per heavy atom. The number of nitriles is 1. The third kappa shape index (κ3) is 2.17. The van der Waals surface area contributed by atoms with Gasteiger partial charge < -0.3 is 10.0 Å². The van der Waals surface area contributed by atoms with Crippen molar-refractivity contribution in [3.8, 4) is 6.07 Å². The van der Waals surface area contributed by atoms with E-state index in [2.05, 4.69) is 11.1 Å². The number of carbonyl (C=O) groups is 1. The zero-order chi connectivity index (χ0) is 15.9. The topological polar surface area (TPSA) is 77.2 Å². The standard InChI is InChI=1S/C17H17N3O2/c1-11-3-4-14-13(7-11)15(12(8-18)9-19-14)20-6-5-17(2,10-20)16(21)22/h3-4,7,9H,5-6,10H2,1-2H3,(H,21,22). The summed E-state index contributed by atoms with van der Waals surface area (Å²) < 4.78 is 0. The smallest absolute Gasteiger partial charge is 0.311 e. The molecule has 0 spiro atoms. The maximum absolute atomic E-state index is 11.5. The second-order valence-electron chi connectivity index (χ2n) is 6.19. The maximum Gasteiger partial charge on any atom is 0.311 e. The van der Waals surface area contributed by atoms with E-state index < -0.39 is 11.4 Å². The lowest BCUT2D eigenvalue weighted by atomic mass is 9.90. The molecular weight excluding hydrogens is 278 g/mol. The molecule has 0 bridgehead atoms. The summed E-state index contributed by atoms with van der Waals surface area (Å²) in [5.74, 6) is -0.789. The molecule has 0 radical (unpaired) electrons. The molecule has 3 rings (SSSR count). The molecule has 22 heavy (non-hydrogen) atoms. The number of pyridine rings is 1. The normalized spacial score (nSPS) is 21.0. The van der Waals surface area contributed by atoms with Gasteiger partial charge in [-0.3, -0.25) is 9.78 Å². The first kappa shape index (κ1) is 14.3. The van der Waals surface area contributed by atoms with Gasteiger partial charge in [0.25, 0.3) is 0 Å². The minimum Gasteiger partial charge on any atom is -0.481 e.